The van der Waals surface area contributed by atoms with Crippen molar-refractivity contribution in [3.63, 3.8) is 0 Å². The minimum atomic E-state index is -0.0435. The normalized spacial score (nSPS) is 9.94. The SMILES string of the molecule is Cc1ccccc1NC(=O)Cc1ccccn1. The third-order valence-corrected chi connectivity index (χ3v) is 2.49. The number of pyridine rings is 1. The highest BCUT2D eigenvalue weighted by Crippen LogP contribution is 2.13. The highest BCUT2D eigenvalue weighted by Gasteiger charge is 2.05. The Hall–Kier alpha value is -2.16. The van der Waals surface area contributed by atoms with E-state index < -0.39 is 0 Å². The molecule has 0 aliphatic carbocycles. The molecule has 1 heterocycles. The maximum atomic E-state index is 11.8. The summed E-state index contributed by atoms with van der Waals surface area (Å²) in [7, 11) is 0. The molecule has 0 aliphatic rings. The summed E-state index contributed by atoms with van der Waals surface area (Å²) in [5.41, 5.74) is 2.69. The second-order valence-corrected chi connectivity index (χ2v) is 3.86. The molecule has 0 fully saturated rings. The van der Waals surface area contributed by atoms with Crippen molar-refractivity contribution in [2.24, 2.45) is 0 Å². The lowest BCUT2D eigenvalue weighted by atomic mass is 10.2. The molecule has 0 bridgehead atoms. The number of anilines is 1. The summed E-state index contributed by atoms with van der Waals surface area (Å²) < 4.78 is 0. The molecule has 3 heteroatoms. The predicted octanol–water partition coefficient (Wildman–Crippen LogP) is 2.57. The van der Waals surface area contributed by atoms with Gasteiger partial charge >= 0.3 is 0 Å². The van der Waals surface area contributed by atoms with Gasteiger partial charge in [-0.05, 0) is 30.7 Å². The van der Waals surface area contributed by atoms with Crippen LogP contribution in [0.1, 0.15) is 11.3 Å². The summed E-state index contributed by atoms with van der Waals surface area (Å²) in [6, 6.07) is 13.3. The third-order valence-electron chi connectivity index (χ3n) is 2.49. The van der Waals surface area contributed by atoms with Gasteiger partial charge in [0, 0.05) is 17.6 Å². The van der Waals surface area contributed by atoms with Crippen LogP contribution < -0.4 is 5.32 Å². The number of para-hydroxylation sites is 1. The molecule has 2 rings (SSSR count). The summed E-state index contributed by atoms with van der Waals surface area (Å²) in [5, 5.41) is 2.88. The molecule has 0 unspecified atom stereocenters. The number of aryl methyl sites for hydroxylation is 1. The zero-order valence-electron chi connectivity index (χ0n) is 9.68. The van der Waals surface area contributed by atoms with E-state index in [4.69, 9.17) is 0 Å². The van der Waals surface area contributed by atoms with E-state index in [-0.39, 0.29) is 5.91 Å². The van der Waals surface area contributed by atoms with E-state index in [0.717, 1.165) is 16.9 Å². The molecular formula is C14H14N2O. The molecule has 0 spiro atoms. The first-order chi connectivity index (χ1) is 8.25. The van der Waals surface area contributed by atoms with Crippen LogP contribution in [0.3, 0.4) is 0 Å². The average molecular weight is 226 g/mol. The van der Waals surface area contributed by atoms with Crippen LogP contribution in [0.15, 0.2) is 48.7 Å². The number of aromatic nitrogens is 1. The molecule has 1 N–H and O–H groups in total. The second kappa shape index (κ2) is 5.25. The summed E-state index contributed by atoms with van der Waals surface area (Å²) in [6.07, 6.45) is 1.99. The maximum absolute atomic E-state index is 11.8. The predicted molar refractivity (Wildman–Crippen MR) is 67.7 cm³/mol. The molecule has 1 aromatic carbocycles. The van der Waals surface area contributed by atoms with Crippen molar-refractivity contribution in [1.29, 1.82) is 0 Å². The van der Waals surface area contributed by atoms with Crippen molar-refractivity contribution < 1.29 is 4.79 Å². The summed E-state index contributed by atoms with van der Waals surface area (Å²) in [6.45, 7) is 1.97. The monoisotopic (exact) mass is 226 g/mol. The Morgan fingerprint density at radius 3 is 2.65 bits per heavy atom. The van der Waals surface area contributed by atoms with Crippen LogP contribution in [0, 0.1) is 6.92 Å². The second-order valence-electron chi connectivity index (χ2n) is 3.86. The largest absolute Gasteiger partial charge is 0.326 e. The molecule has 86 valence electrons. The van der Waals surface area contributed by atoms with Gasteiger partial charge < -0.3 is 5.32 Å². The highest BCUT2D eigenvalue weighted by molar-refractivity contribution is 5.92. The third kappa shape index (κ3) is 3.14. The molecular weight excluding hydrogens is 212 g/mol. The minimum absolute atomic E-state index is 0.0435. The number of nitrogens with zero attached hydrogens (tertiary/aromatic N) is 1. The Morgan fingerprint density at radius 2 is 1.94 bits per heavy atom. The zero-order chi connectivity index (χ0) is 12.1. The van der Waals surface area contributed by atoms with Gasteiger partial charge in [-0.3, -0.25) is 9.78 Å². The van der Waals surface area contributed by atoms with E-state index >= 15 is 0 Å². The Kier molecular flexibility index (Phi) is 3.50. The topological polar surface area (TPSA) is 42.0 Å². The van der Waals surface area contributed by atoms with Crippen molar-refractivity contribution in [3.05, 3.63) is 59.9 Å². The van der Waals surface area contributed by atoms with E-state index in [9.17, 15) is 4.79 Å². The molecule has 17 heavy (non-hydrogen) atoms. The summed E-state index contributed by atoms with van der Waals surface area (Å²) >= 11 is 0. The van der Waals surface area contributed by atoms with Crippen LogP contribution >= 0.6 is 0 Å². The van der Waals surface area contributed by atoms with Gasteiger partial charge in [0.25, 0.3) is 0 Å². The van der Waals surface area contributed by atoms with Crippen LogP contribution in [0.2, 0.25) is 0 Å². The standard InChI is InChI=1S/C14H14N2O/c1-11-6-2-3-8-13(11)16-14(17)10-12-7-4-5-9-15-12/h2-9H,10H2,1H3,(H,16,17). The quantitative estimate of drug-likeness (QED) is 0.874. The van der Waals surface area contributed by atoms with E-state index in [1.165, 1.54) is 0 Å². The van der Waals surface area contributed by atoms with Crippen molar-refractivity contribution in [2.75, 3.05) is 5.32 Å². The van der Waals surface area contributed by atoms with E-state index in [1.807, 2.05) is 49.4 Å². The van der Waals surface area contributed by atoms with Crippen LogP contribution in [0.25, 0.3) is 0 Å². The lowest BCUT2D eigenvalue weighted by Gasteiger charge is -2.07. The molecule has 2 aromatic rings. The van der Waals surface area contributed by atoms with Gasteiger partial charge in [-0.1, -0.05) is 24.3 Å². The van der Waals surface area contributed by atoms with Gasteiger partial charge in [0.05, 0.1) is 6.42 Å². The number of hydrogen-bond donors (Lipinski definition) is 1. The van der Waals surface area contributed by atoms with Crippen LogP contribution in [0.5, 0.6) is 0 Å². The number of nitrogens with one attached hydrogen (secondary N) is 1. The Balaban J connectivity index is 2.01. The van der Waals surface area contributed by atoms with E-state index in [0.29, 0.717) is 6.42 Å². The molecule has 0 saturated heterocycles. The van der Waals surface area contributed by atoms with Crippen molar-refractivity contribution in [1.82, 2.24) is 4.98 Å². The van der Waals surface area contributed by atoms with Crippen molar-refractivity contribution >= 4 is 11.6 Å². The molecule has 1 amide bonds. The van der Waals surface area contributed by atoms with Gasteiger partial charge in [-0.25, -0.2) is 0 Å². The zero-order valence-corrected chi connectivity index (χ0v) is 9.68. The molecule has 0 atom stereocenters. The van der Waals surface area contributed by atoms with Crippen molar-refractivity contribution in [2.45, 2.75) is 13.3 Å². The first-order valence-corrected chi connectivity index (χ1v) is 5.51. The molecule has 1 aromatic heterocycles. The Bertz CT molecular complexity index is 509. The fourth-order valence-electron chi connectivity index (χ4n) is 1.57. The molecule has 0 aliphatic heterocycles. The number of hydrogen-bond acceptors (Lipinski definition) is 2. The maximum Gasteiger partial charge on any atom is 0.230 e. The van der Waals surface area contributed by atoms with Gasteiger partial charge in [0.1, 0.15) is 0 Å². The van der Waals surface area contributed by atoms with Gasteiger partial charge in [-0.15, -0.1) is 0 Å². The number of carbonyl (C=O) groups is 1. The average Bonchev–Trinajstić information content (AvgIpc) is 2.33. The van der Waals surface area contributed by atoms with E-state index in [1.54, 1.807) is 6.20 Å². The molecule has 0 radical (unpaired) electrons. The van der Waals surface area contributed by atoms with Crippen LogP contribution in [0.4, 0.5) is 5.69 Å². The Labute approximate surface area is 101 Å². The molecule has 3 nitrogen and oxygen atoms in total. The fraction of sp³-hybridized carbons (Fsp3) is 0.143. The minimum Gasteiger partial charge on any atom is -0.326 e. The molecule has 0 saturated carbocycles. The number of amides is 1. The number of rotatable bonds is 3. The lowest BCUT2D eigenvalue weighted by molar-refractivity contribution is -0.115. The van der Waals surface area contributed by atoms with Gasteiger partial charge in [-0.2, -0.15) is 0 Å². The van der Waals surface area contributed by atoms with Crippen LogP contribution in [-0.2, 0) is 11.2 Å². The van der Waals surface area contributed by atoms with E-state index in [2.05, 4.69) is 10.3 Å². The number of carbonyl (C=O) groups excluding carboxylic acids is 1. The summed E-state index contributed by atoms with van der Waals surface area (Å²) in [5.74, 6) is -0.0435. The first-order valence-electron chi connectivity index (χ1n) is 5.51. The van der Waals surface area contributed by atoms with Gasteiger partial charge in [0.2, 0.25) is 5.91 Å². The van der Waals surface area contributed by atoms with Crippen LogP contribution in [-0.4, -0.2) is 10.9 Å². The highest BCUT2D eigenvalue weighted by atomic mass is 16.1. The first kappa shape index (κ1) is 11.3. The Morgan fingerprint density at radius 1 is 1.18 bits per heavy atom. The number of benzene rings is 1. The van der Waals surface area contributed by atoms with Gasteiger partial charge in [0.15, 0.2) is 0 Å². The van der Waals surface area contributed by atoms with Crippen molar-refractivity contribution in [3.8, 4) is 0 Å². The lowest BCUT2D eigenvalue weighted by Crippen LogP contribution is -2.15. The smallest absolute Gasteiger partial charge is 0.230 e. The summed E-state index contributed by atoms with van der Waals surface area (Å²) in [4.78, 5) is 15.9. The fourth-order valence-corrected chi connectivity index (χ4v) is 1.57.